The highest BCUT2D eigenvalue weighted by Gasteiger charge is 2.16. The van der Waals surface area contributed by atoms with Crippen LogP contribution >= 0.6 is 0 Å². The average molecular weight is 372 g/mol. The van der Waals surface area contributed by atoms with Crippen LogP contribution in [0.2, 0.25) is 0 Å². The van der Waals surface area contributed by atoms with Crippen molar-refractivity contribution in [1.82, 2.24) is 14.8 Å². The minimum atomic E-state index is -0.290. The first-order valence-electron chi connectivity index (χ1n) is 8.50. The summed E-state index contributed by atoms with van der Waals surface area (Å²) < 4.78 is 1.62. The molecule has 4 aromatic rings. The molecule has 28 heavy (non-hydrogen) atoms. The van der Waals surface area contributed by atoms with Gasteiger partial charge in [0.25, 0.3) is 5.91 Å². The number of aromatic hydroxyl groups is 2. The van der Waals surface area contributed by atoms with Gasteiger partial charge in [-0.2, -0.15) is 5.10 Å². The zero-order chi connectivity index (χ0) is 19.5. The van der Waals surface area contributed by atoms with Crippen LogP contribution in [0.4, 0.5) is 5.69 Å². The predicted octanol–water partition coefficient (Wildman–Crippen LogP) is 3.60. The Hall–Kier alpha value is -4.13. The van der Waals surface area contributed by atoms with Gasteiger partial charge in [-0.05, 0) is 42.5 Å². The maximum Gasteiger partial charge on any atom is 0.257 e. The van der Waals surface area contributed by atoms with Crippen LogP contribution in [0.15, 0.2) is 79.3 Å². The predicted molar refractivity (Wildman–Crippen MR) is 105 cm³/mol. The summed E-state index contributed by atoms with van der Waals surface area (Å²) in [7, 11) is 0. The number of nitrogens with zero attached hydrogens (tertiary/aromatic N) is 3. The van der Waals surface area contributed by atoms with Gasteiger partial charge < -0.3 is 15.5 Å². The Morgan fingerprint density at radius 2 is 1.82 bits per heavy atom. The number of amides is 1. The maximum absolute atomic E-state index is 12.5. The Kier molecular flexibility index (Phi) is 4.47. The van der Waals surface area contributed by atoms with Crippen LogP contribution in [0.3, 0.4) is 0 Å². The molecule has 0 aliphatic heterocycles. The van der Waals surface area contributed by atoms with Crippen LogP contribution in [0.5, 0.6) is 11.5 Å². The van der Waals surface area contributed by atoms with Gasteiger partial charge >= 0.3 is 0 Å². The van der Waals surface area contributed by atoms with Crippen molar-refractivity contribution in [1.29, 1.82) is 0 Å². The number of hydrogen-bond acceptors (Lipinski definition) is 5. The van der Waals surface area contributed by atoms with Crippen molar-refractivity contribution in [2.24, 2.45) is 0 Å². The molecular weight excluding hydrogens is 356 g/mol. The SMILES string of the molecule is O=C(Nc1ccccc1-n1nccc1-c1ccc(O)cc1O)c1cccnc1. The molecule has 2 heterocycles. The van der Waals surface area contributed by atoms with E-state index in [9.17, 15) is 15.0 Å². The average Bonchev–Trinajstić information content (AvgIpc) is 3.18. The molecule has 0 fully saturated rings. The highest BCUT2D eigenvalue weighted by atomic mass is 16.3. The number of pyridine rings is 1. The summed E-state index contributed by atoms with van der Waals surface area (Å²) in [5, 5.41) is 27.0. The van der Waals surface area contributed by atoms with E-state index in [2.05, 4.69) is 15.4 Å². The zero-order valence-corrected chi connectivity index (χ0v) is 14.6. The minimum Gasteiger partial charge on any atom is -0.508 e. The van der Waals surface area contributed by atoms with Crippen molar-refractivity contribution in [2.75, 3.05) is 5.32 Å². The minimum absolute atomic E-state index is 0.0311. The molecule has 0 radical (unpaired) electrons. The first-order valence-corrected chi connectivity index (χ1v) is 8.50. The van der Waals surface area contributed by atoms with Crippen molar-refractivity contribution < 1.29 is 15.0 Å². The Morgan fingerprint density at radius 1 is 0.964 bits per heavy atom. The molecular formula is C21H16N4O3. The largest absolute Gasteiger partial charge is 0.508 e. The third-order valence-corrected chi connectivity index (χ3v) is 4.20. The summed E-state index contributed by atoms with van der Waals surface area (Å²) in [6.07, 6.45) is 4.69. The van der Waals surface area contributed by atoms with E-state index in [-0.39, 0.29) is 17.4 Å². The highest BCUT2D eigenvalue weighted by molar-refractivity contribution is 6.05. The van der Waals surface area contributed by atoms with Crippen molar-refractivity contribution >= 4 is 11.6 Å². The number of hydrogen-bond donors (Lipinski definition) is 3. The van der Waals surface area contributed by atoms with Gasteiger partial charge in [-0.3, -0.25) is 9.78 Å². The van der Waals surface area contributed by atoms with Gasteiger partial charge in [-0.1, -0.05) is 12.1 Å². The fourth-order valence-corrected chi connectivity index (χ4v) is 2.89. The van der Waals surface area contributed by atoms with E-state index in [1.807, 2.05) is 18.2 Å². The second kappa shape index (κ2) is 7.24. The normalized spacial score (nSPS) is 10.6. The van der Waals surface area contributed by atoms with Crippen molar-refractivity contribution in [3.8, 4) is 28.4 Å². The van der Waals surface area contributed by atoms with Crippen LogP contribution in [0.25, 0.3) is 16.9 Å². The Bertz CT molecular complexity index is 1140. The number of benzene rings is 2. The molecule has 0 atom stereocenters. The Balaban J connectivity index is 1.74. The number of rotatable bonds is 4. The first kappa shape index (κ1) is 17.3. The molecule has 1 amide bonds. The number of carbonyl (C=O) groups excluding carboxylic acids is 1. The lowest BCUT2D eigenvalue weighted by Gasteiger charge is -2.14. The third kappa shape index (κ3) is 3.28. The van der Waals surface area contributed by atoms with Crippen LogP contribution < -0.4 is 5.32 Å². The highest BCUT2D eigenvalue weighted by Crippen LogP contribution is 2.34. The van der Waals surface area contributed by atoms with Crippen LogP contribution in [-0.2, 0) is 0 Å². The van der Waals surface area contributed by atoms with Crippen molar-refractivity contribution in [2.45, 2.75) is 0 Å². The molecule has 0 bridgehead atoms. The molecule has 3 N–H and O–H groups in total. The standard InChI is InChI=1S/C21H16N4O3/c26-15-7-8-16(20(27)12-15)18-9-11-23-25(18)19-6-2-1-5-17(19)24-21(28)14-4-3-10-22-13-14/h1-13,26-27H,(H,24,28). The molecule has 4 rings (SSSR count). The molecule has 0 spiro atoms. The summed E-state index contributed by atoms with van der Waals surface area (Å²) in [4.78, 5) is 16.5. The van der Waals surface area contributed by atoms with E-state index >= 15 is 0 Å². The second-order valence-corrected chi connectivity index (χ2v) is 6.04. The Labute approximate surface area is 160 Å². The summed E-state index contributed by atoms with van der Waals surface area (Å²) in [5.74, 6) is -0.392. The molecule has 138 valence electrons. The number of para-hydroxylation sites is 2. The quantitative estimate of drug-likeness (QED) is 0.508. The van der Waals surface area contributed by atoms with Crippen LogP contribution in [0, 0.1) is 0 Å². The van der Waals surface area contributed by atoms with Gasteiger partial charge in [0, 0.05) is 24.0 Å². The number of phenols is 2. The summed E-state index contributed by atoms with van der Waals surface area (Å²) in [5.41, 5.74) is 2.74. The van der Waals surface area contributed by atoms with Gasteiger partial charge in [-0.15, -0.1) is 0 Å². The van der Waals surface area contributed by atoms with Crippen molar-refractivity contribution in [3.05, 3.63) is 84.8 Å². The third-order valence-electron chi connectivity index (χ3n) is 4.20. The smallest absolute Gasteiger partial charge is 0.257 e. The Morgan fingerprint density at radius 3 is 2.61 bits per heavy atom. The zero-order valence-electron chi connectivity index (χ0n) is 14.6. The molecule has 0 unspecified atom stereocenters. The van der Waals surface area contributed by atoms with Gasteiger partial charge in [0.05, 0.1) is 28.8 Å². The molecule has 0 aliphatic carbocycles. The van der Waals surface area contributed by atoms with Gasteiger partial charge in [0.2, 0.25) is 0 Å². The maximum atomic E-state index is 12.5. The van der Waals surface area contributed by atoms with Gasteiger partial charge in [0.1, 0.15) is 11.5 Å². The van der Waals surface area contributed by atoms with Gasteiger partial charge in [-0.25, -0.2) is 4.68 Å². The summed E-state index contributed by atoms with van der Waals surface area (Å²) in [6.45, 7) is 0. The monoisotopic (exact) mass is 372 g/mol. The molecule has 7 heteroatoms. The molecule has 0 aliphatic rings. The number of phenolic OH excluding ortho intramolecular Hbond substituents is 2. The van der Waals surface area contributed by atoms with E-state index < -0.39 is 0 Å². The van der Waals surface area contributed by atoms with E-state index in [0.717, 1.165) is 0 Å². The lowest BCUT2D eigenvalue weighted by molar-refractivity contribution is 0.102. The number of anilines is 1. The van der Waals surface area contributed by atoms with E-state index in [1.165, 1.54) is 18.3 Å². The molecule has 7 nitrogen and oxygen atoms in total. The second-order valence-electron chi connectivity index (χ2n) is 6.04. The number of carbonyl (C=O) groups is 1. The summed E-state index contributed by atoms with van der Waals surface area (Å²) in [6, 6.07) is 16.7. The fourth-order valence-electron chi connectivity index (χ4n) is 2.89. The number of nitrogens with one attached hydrogen (secondary N) is 1. The van der Waals surface area contributed by atoms with Crippen molar-refractivity contribution in [3.63, 3.8) is 0 Å². The van der Waals surface area contributed by atoms with E-state index in [4.69, 9.17) is 0 Å². The lowest BCUT2D eigenvalue weighted by Crippen LogP contribution is -2.14. The van der Waals surface area contributed by atoms with E-state index in [0.29, 0.717) is 28.2 Å². The molecule has 2 aromatic carbocycles. The lowest BCUT2D eigenvalue weighted by atomic mass is 10.1. The molecule has 2 aromatic heterocycles. The topological polar surface area (TPSA) is 100 Å². The molecule has 0 saturated heterocycles. The number of aromatic nitrogens is 3. The van der Waals surface area contributed by atoms with E-state index in [1.54, 1.807) is 47.4 Å². The van der Waals surface area contributed by atoms with Gasteiger partial charge in [0.15, 0.2) is 0 Å². The first-order chi connectivity index (χ1) is 13.6. The van der Waals surface area contributed by atoms with Crippen LogP contribution in [-0.4, -0.2) is 30.9 Å². The fraction of sp³-hybridized carbons (Fsp3) is 0. The summed E-state index contributed by atoms with van der Waals surface area (Å²) >= 11 is 0. The van der Waals surface area contributed by atoms with Crippen LogP contribution in [0.1, 0.15) is 10.4 Å². The molecule has 0 saturated carbocycles.